The maximum absolute atomic E-state index is 13.3. The first-order valence-electron chi connectivity index (χ1n) is 8.28. The molecule has 0 spiro atoms. The lowest BCUT2D eigenvalue weighted by Crippen LogP contribution is -2.30. The number of rotatable bonds is 6. The molecule has 5 heteroatoms. The number of nitrogens with zero attached hydrogens (tertiary/aromatic N) is 1. The van der Waals surface area contributed by atoms with Gasteiger partial charge in [-0.15, -0.1) is 0 Å². The lowest BCUT2D eigenvalue weighted by atomic mass is 10.2. The predicted octanol–water partition coefficient (Wildman–Crippen LogP) is 4.40. The van der Waals surface area contributed by atoms with Crippen LogP contribution in [0.4, 0.5) is 5.69 Å². The molecule has 0 radical (unpaired) electrons. The summed E-state index contributed by atoms with van der Waals surface area (Å²) >= 11 is 0. The number of aryl methyl sites for hydroxylation is 1. The molecule has 0 saturated carbocycles. The summed E-state index contributed by atoms with van der Waals surface area (Å²) in [6, 6.07) is 23.6. The fourth-order valence-electron chi connectivity index (χ4n) is 2.72. The molecule has 4 nitrogen and oxygen atoms in total. The van der Waals surface area contributed by atoms with Crippen molar-refractivity contribution in [3.8, 4) is 5.75 Å². The van der Waals surface area contributed by atoms with Gasteiger partial charge in [-0.1, -0.05) is 42.5 Å². The second-order valence-corrected chi connectivity index (χ2v) is 7.87. The molecule has 3 aromatic rings. The van der Waals surface area contributed by atoms with Gasteiger partial charge in [-0.3, -0.25) is 4.31 Å². The van der Waals surface area contributed by atoms with Crippen molar-refractivity contribution in [1.29, 1.82) is 0 Å². The highest BCUT2D eigenvalue weighted by molar-refractivity contribution is 7.92. The van der Waals surface area contributed by atoms with Crippen LogP contribution in [0.25, 0.3) is 0 Å². The summed E-state index contributed by atoms with van der Waals surface area (Å²) < 4.78 is 33.3. The van der Waals surface area contributed by atoms with Crippen LogP contribution >= 0.6 is 0 Å². The highest BCUT2D eigenvalue weighted by Gasteiger charge is 2.25. The van der Waals surface area contributed by atoms with E-state index in [4.69, 9.17) is 4.74 Å². The van der Waals surface area contributed by atoms with E-state index in [-0.39, 0.29) is 11.4 Å². The second kappa shape index (κ2) is 7.62. The molecule has 0 atom stereocenters. The van der Waals surface area contributed by atoms with Crippen LogP contribution in [0, 0.1) is 6.92 Å². The Balaban J connectivity index is 2.06. The van der Waals surface area contributed by atoms with Crippen LogP contribution in [0.15, 0.2) is 83.8 Å². The van der Waals surface area contributed by atoms with E-state index in [0.29, 0.717) is 11.4 Å². The normalized spacial score (nSPS) is 11.2. The van der Waals surface area contributed by atoms with Gasteiger partial charge in [-0.25, -0.2) is 8.42 Å². The number of ether oxygens (including phenoxy) is 1. The Kier molecular flexibility index (Phi) is 5.28. The quantitative estimate of drug-likeness (QED) is 0.649. The summed E-state index contributed by atoms with van der Waals surface area (Å²) in [7, 11) is -2.12. The van der Waals surface area contributed by atoms with E-state index < -0.39 is 10.0 Å². The number of benzene rings is 3. The molecular formula is C21H21NO3S. The van der Waals surface area contributed by atoms with E-state index in [1.807, 2.05) is 43.3 Å². The summed E-state index contributed by atoms with van der Waals surface area (Å²) in [5.41, 5.74) is 2.41. The Morgan fingerprint density at radius 1 is 0.885 bits per heavy atom. The van der Waals surface area contributed by atoms with Crippen LogP contribution in [-0.2, 0) is 16.6 Å². The zero-order chi connectivity index (χ0) is 18.6. The van der Waals surface area contributed by atoms with Gasteiger partial charge in [0.05, 0.1) is 24.2 Å². The number of hydrogen-bond donors (Lipinski definition) is 0. The van der Waals surface area contributed by atoms with Crippen molar-refractivity contribution < 1.29 is 13.2 Å². The van der Waals surface area contributed by atoms with E-state index in [0.717, 1.165) is 11.1 Å². The van der Waals surface area contributed by atoms with Gasteiger partial charge in [0.25, 0.3) is 10.0 Å². The summed E-state index contributed by atoms with van der Waals surface area (Å²) in [5.74, 6) is 0.682. The van der Waals surface area contributed by atoms with Gasteiger partial charge in [-0.2, -0.15) is 0 Å². The monoisotopic (exact) mass is 367 g/mol. The Labute approximate surface area is 154 Å². The highest BCUT2D eigenvalue weighted by atomic mass is 32.2. The molecule has 3 aromatic carbocycles. The minimum Gasteiger partial charge on any atom is -0.497 e. The molecule has 0 bridgehead atoms. The van der Waals surface area contributed by atoms with Crippen molar-refractivity contribution in [2.75, 3.05) is 11.4 Å². The van der Waals surface area contributed by atoms with Crippen molar-refractivity contribution in [3.05, 3.63) is 90.0 Å². The molecule has 0 aromatic heterocycles. The van der Waals surface area contributed by atoms with Crippen molar-refractivity contribution in [2.45, 2.75) is 18.4 Å². The SMILES string of the molecule is COc1ccc(N(Cc2ccccc2)S(=O)(=O)c2cccc(C)c2)cc1. The maximum atomic E-state index is 13.3. The molecule has 3 rings (SSSR count). The van der Waals surface area contributed by atoms with Gasteiger partial charge in [0, 0.05) is 0 Å². The van der Waals surface area contributed by atoms with Gasteiger partial charge < -0.3 is 4.74 Å². The van der Waals surface area contributed by atoms with Crippen LogP contribution in [0.1, 0.15) is 11.1 Å². The van der Waals surface area contributed by atoms with Crippen LogP contribution in [-0.4, -0.2) is 15.5 Å². The molecule has 0 unspecified atom stereocenters. The van der Waals surface area contributed by atoms with Crippen LogP contribution in [0.2, 0.25) is 0 Å². The van der Waals surface area contributed by atoms with Gasteiger partial charge in [0.15, 0.2) is 0 Å². The fraction of sp³-hybridized carbons (Fsp3) is 0.143. The minimum absolute atomic E-state index is 0.253. The summed E-state index contributed by atoms with van der Waals surface area (Å²) in [6.45, 7) is 2.14. The number of methoxy groups -OCH3 is 1. The minimum atomic E-state index is -3.70. The average Bonchev–Trinajstić information content (AvgIpc) is 2.67. The lowest BCUT2D eigenvalue weighted by Gasteiger charge is -2.25. The van der Waals surface area contributed by atoms with Gasteiger partial charge in [-0.05, 0) is 54.4 Å². The number of sulfonamides is 1. The lowest BCUT2D eigenvalue weighted by molar-refractivity contribution is 0.415. The number of hydrogen-bond acceptors (Lipinski definition) is 3. The fourth-order valence-corrected chi connectivity index (χ4v) is 4.27. The third-order valence-corrected chi connectivity index (χ3v) is 5.88. The molecule has 0 aliphatic carbocycles. The first-order chi connectivity index (χ1) is 12.5. The zero-order valence-electron chi connectivity index (χ0n) is 14.8. The third-order valence-electron chi connectivity index (χ3n) is 4.11. The zero-order valence-corrected chi connectivity index (χ0v) is 15.6. The predicted molar refractivity (Wildman–Crippen MR) is 104 cm³/mol. The van der Waals surface area contributed by atoms with E-state index in [1.54, 1.807) is 49.6 Å². The van der Waals surface area contributed by atoms with E-state index in [1.165, 1.54) is 4.31 Å². The number of anilines is 1. The maximum Gasteiger partial charge on any atom is 0.264 e. The molecular weight excluding hydrogens is 346 g/mol. The summed E-state index contributed by atoms with van der Waals surface area (Å²) in [4.78, 5) is 0.282. The van der Waals surface area contributed by atoms with E-state index in [9.17, 15) is 8.42 Å². The molecule has 0 amide bonds. The van der Waals surface area contributed by atoms with Crippen LogP contribution in [0.5, 0.6) is 5.75 Å². The van der Waals surface area contributed by atoms with Crippen molar-refractivity contribution in [1.82, 2.24) is 0 Å². The van der Waals surface area contributed by atoms with Crippen molar-refractivity contribution in [3.63, 3.8) is 0 Å². The second-order valence-electron chi connectivity index (χ2n) is 6.01. The first kappa shape index (κ1) is 18.0. The first-order valence-corrected chi connectivity index (χ1v) is 9.72. The van der Waals surface area contributed by atoms with Crippen LogP contribution in [0.3, 0.4) is 0 Å². The summed E-state index contributed by atoms with van der Waals surface area (Å²) in [5, 5.41) is 0. The molecule has 0 N–H and O–H groups in total. The Morgan fingerprint density at radius 3 is 2.19 bits per heavy atom. The van der Waals surface area contributed by atoms with E-state index >= 15 is 0 Å². The Bertz CT molecular complexity index is 968. The Hall–Kier alpha value is -2.79. The molecule has 0 heterocycles. The smallest absolute Gasteiger partial charge is 0.264 e. The van der Waals surface area contributed by atoms with Gasteiger partial charge in [0.1, 0.15) is 5.75 Å². The molecule has 0 saturated heterocycles. The standard InChI is InChI=1S/C21H21NO3S/c1-17-7-6-10-21(15-17)26(23,24)22(16-18-8-4-3-5-9-18)19-11-13-20(25-2)14-12-19/h3-15H,16H2,1-2H3. The molecule has 26 heavy (non-hydrogen) atoms. The van der Waals surface area contributed by atoms with Gasteiger partial charge >= 0.3 is 0 Å². The molecule has 0 aliphatic rings. The topological polar surface area (TPSA) is 46.6 Å². The van der Waals surface area contributed by atoms with Crippen molar-refractivity contribution in [2.24, 2.45) is 0 Å². The van der Waals surface area contributed by atoms with Crippen LogP contribution < -0.4 is 9.04 Å². The van der Waals surface area contributed by atoms with Crippen molar-refractivity contribution >= 4 is 15.7 Å². The summed E-state index contributed by atoms with van der Waals surface area (Å²) in [6.07, 6.45) is 0. The molecule has 0 aliphatic heterocycles. The molecule has 0 fully saturated rings. The van der Waals surface area contributed by atoms with Gasteiger partial charge in [0.2, 0.25) is 0 Å². The Morgan fingerprint density at radius 2 is 1.58 bits per heavy atom. The average molecular weight is 367 g/mol. The highest BCUT2D eigenvalue weighted by Crippen LogP contribution is 2.28. The van der Waals surface area contributed by atoms with E-state index in [2.05, 4.69) is 0 Å². The molecule has 134 valence electrons. The third kappa shape index (κ3) is 3.89. The largest absolute Gasteiger partial charge is 0.497 e.